The number of fused-ring (bicyclic) bond motifs is 1. The molecule has 0 fully saturated rings. The van der Waals surface area contributed by atoms with Crippen molar-refractivity contribution in [2.75, 3.05) is 19.5 Å². The van der Waals surface area contributed by atoms with Gasteiger partial charge in [0.05, 0.1) is 25.4 Å². The van der Waals surface area contributed by atoms with Crippen LogP contribution in [0.25, 0.3) is 10.9 Å². The quantitative estimate of drug-likeness (QED) is 0.734. The predicted molar refractivity (Wildman–Crippen MR) is 100.0 cm³/mol. The molecule has 3 rings (SSSR count). The second-order valence-electron chi connectivity index (χ2n) is 5.75. The average molecular weight is 352 g/mol. The zero-order valence-corrected chi connectivity index (χ0v) is 14.7. The van der Waals surface area contributed by atoms with Crippen LogP contribution < -0.4 is 14.8 Å². The van der Waals surface area contributed by atoms with E-state index in [4.69, 9.17) is 9.47 Å². The SMILES string of the molecule is COc1ccc(OC)c(NC(=O)CCC(=O)n2ccc3ccccc32)c1. The highest BCUT2D eigenvalue weighted by molar-refractivity contribution is 5.97. The fourth-order valence-corrected chi connectivity index (χ4v) is 2.77. The van der Waals surface area contributed by atoms with Crippen LogP contribution in [0.1, 0.15) is 17.6 Å². The van der Waals surface area contributed by atoms with Crippen molar-refractivity contribution in [3.8, 4) is 11.5 Å². The summed E-state index contributed by atoms with van der Waals surface area (Å²) in [6.07, 6.45) is 1.92. The number of amides is 1. The van der Waals surface area contributed by atoms with Gasteiger partial charge in [-0.1, -0.05) is 18.2 Å². The molecule has 1 N–H and O–H groups in total. The average Bonchev–Trinajstić information content (AvgIpc) is 3.10. The van der Waals surface area contributed by atoms with E-state index in [0.717, 1.165) is 10.9 Å². The van der Waals surface area contributed by atoms with Crippen molar-refractivity contribution >= 4 is 28.4 Å². The monoisotopic (exact) mass is 352 g/mol. The number of nitrogens with zero attached hydrogens (tertiary/aromatic N) is 1. The van der Waals surface area contributed by atoms with E-state index in [-0.39, 0.29) is 24.7 Å². The molecule has 1 heterocycles. The molecule has 3 aromatic rings. The molecule has 2 aromatic carbocycles. The van der Waals surface area contributed by atoms with Crippen molar-refractivity contribution in [3.05, 3.63) is 54.7 Å². The number of nitrogens with one attached hydrogen (secondary N) is 1. The highest BCUT2D eigenvalue weighted by Crippen LogP contribution is 2.29. The lowest BCUT2D eigenvalue weighted by Crippen LogP contribution is -2.16. The van der Waals surface area contributed by atoms with Gasteiger partial charge in [0.15, 0.2) is 0 Å². The van der Waals surface area contributed by atoms with Crippen molar-refractivity contribution in [1.82, 2.24) is 4.57 Å². The normalized spacial score (nSPS) is 10.5. The third-order valence-electron chi connectivity index (χ3n) is 4.11. The fourth-order valence-electron chi connectivity index (χ4n) is 2.77. The smallest absolute Gasteiger partial charge is 0.231 e. The second kappa shape index (κ2) is 7.74. The maximum Gasteiger partial charge on any atom is 0.231 e. The Kier molecular flexibility index (Phi) is 5.22. The Labute approximate surface area is 151 Å². The maximum absolute atomic E-state index is 12.4. The summed E-state index contributed by atoms with van der Waals surface area (Å²) in [5.74, 6) is 0.748. The summed E-state index contributed by atoms with van der Waals surface area (Å²) >= 11 is 0. The first-order chi connectivity index (χ1) is 12.6. The third-order valence-corrected chi connectivity index (χ3v) is 4.11. The summed E-state index contributed by atoms with van der Waals surface area (Å²) in [7, 11) is 3.08. The Hall–Kier alpha value is -3.28. The summed E-state index contributed by atoms with van der Waals surface area (Å²) in [4.78, 5) is 24.7. The van der Waals surface area contributed by atoms with Gasteiger partial charge in [0.1, 0.15) is 11.5 Å². The van der Waals surface area contributed by atoms with Gasteiger partial charge in [-0.3, -0.25) is 14.2 Å². The van der Waals surface area contributed by atoms with Crippen molar-refractivity contribution in [3.63, 3.8) is 0 Å². The van der Waals surface area contributed by atoms with Gasteiger partial charge < -0.3 is 14.8 Å². The molecular weight excluding hydrogens is 332 g/mol. The number of methoxy groups -OCH3 is 2. The van der Waals surface area contributed by atoms with Crippen LogP contribution in [0.3, 0.4) is 0 Å². The van der Waals surface area contributed by atoms with Crippen molar-refractivity contribution in [2.24, 2.45) is 0 Å². The van der Waals surface area contributed by atoms with Crippen LogP contribution in [0.15, 0.2) is 54.7 Å². The first-order valence-electron chi connectivity index (χ1n) is 8.23. The Morgan fingerprint density at radius 1 is 1.00 bits per heavy atom. The lowest BCUT2D eigenvalue weighted by molar-refractivity contribution is -0.116. The molecule has 6 nitrogen and oxygen atoms in total. The number of hydrogen-bond donors (Lipinski definition) is 1. The number of rotatable bonds is 6. The summed E-state index contributed by atoms with van der Waals surface area (Å²) in [6, 6.07) is 14.7. The summed E-state index contributed by atoms with van der Waals surface area (Å²) in [5.41, 5.74) is 1.35. The summed E-state index contributed by atoms with van der Waals surface area (Å²) in [6.45, 7) is 0. The van der Waals surface area contributed by atoms with Gasteiger partial charge in [0.25, 0.3) is 0 Å². The minimum atomic E-state index is -0.263. The molecular formula is C20H20N2O4. The molecule has 134 valence electrons. The minimum absolute atomic E-state index is 0.0751. The molecule has 0 aliphatic rings. The lowest BCUT2D eigenvalue weighted by atomic mass is 10.2. The zero-order valence-electron chi connectivity index (χ0n) is 14.7. The van der Waals surface area contributed by atoms with Crippen LogP contribution in [-0.4, -0.2) is 30.6 Å². The van der Waals surface area contributed by atoms with E-state index in [1.165, 1.54) is 7.11 Å². The van der Waals surface area contributed by atoms with Crippen LogP contribution in [0.5, 0.6) is 11.5 Å². The molecule has 1 aromatic heterocycles. The molecule has 0 saturated carbocycles. The van der Waals surface area contributed by atoms with Crippen molar-refractivity contribution < 1.29 is 19.1 Å². The second-order valence-corrected chi connectivity index (χ2v) is 5.75. The number of anilines is 1. The Morgan fingerprint density at radius 3 is 2.58 bits per heavy atom. The number of ether oxygens (including phenoxy) is 2. The van der Waals surface area contributed by atoms with E-state index in [1.807, 2.05) is 30.3 Å². The standard InChI is InChI=1S/C20H20N2O4/c1-25-15-7-8-18(26-2)16(13-15)21-19(23)9-10-20(24)22-12-11-14-5-3-4-6-17(14)22/h3-8,11-13H,9-10H2,1-2H3,(H,21,23). The molecule has 0 saturated heterocycles. The van der Waals surface area contributed by atoms with Crippen molar-refractivity contribution in [1.29, 1.82) is 0 Å². The molecule has 0 spiro atoms. The number of aromatic nitrogens is 1. The summed E-state index contributed by atoms with van der Waals surface area (Å²) in [5, 5.41) is 3.76. The van der Waals surface area contributed by atoms with E-state index in [0.29, 0.717) is 17.2 Å². The molecule has 1 amide bonds. The largest absolute Gasteiger partial charge is 0.497 e. The highest BCUT2D eigenvalue weighted by Gasteiger charge is 2.13. The minimum Gasteiger partial charge on any atom is -0.497 e. The number of hydrogen-bond acceptors (Lipinski definition) is 4. The van der Waals surface area contributed by atoms with Gasteiger partial charge in [0.2, 0.25) is 11.8 Å². The summed E-state index contributed by atoms with van der Waals surface area (Å²) < 4.78 is 12.0. The van der Waals surface area contributed by atoms with E-state index >= 15 is 0 Å². The predicted octanol–water partition coefficient (Wildman–Crippen LogP) is 3.72. The highest BCUT2D eigenvalue weighted by atomic mass is 16.5. The molecule has 0 radical (unpaired) electrons. The number of para-hydroxylation sites is 1. The van der Waals surface area contributed by atoms with E-state index < -0.39 is 0 Å². The van der Waals surface area contributed by atoms with Crippen LogP contribution in [-0.2, 0) is 4.79 Å². The number of carbonyl (C=O) groups excluding carboxylic acids is 2. The topological polar surface area (TPSA) is 69.6 Å². The Balaban J connectivity index is 1.65. The van der Waals surface area contributed by atoms with Gasteiger partial charge >= 0.3 is 0 Å². The molecule has 6 heteroatoms. The van der Waals surface area contributed by atoms with Gasteiger partial charge in [-0.25, -0.2) is 0 Å². The van der Waals surface area contributed by atoms with Gasteiger partial charge in [-0.2, -0.15) is 0 Å². The van der Waals surface area contributed by atoms with Crippen LogP contribution in [0.4, 0.5) is 5.69 Å². The lowest BCUT2D eigenvalue weighted by Gasteiger charge is -2.11. The van der Waals surface area contributed by atoms with Gasteiger partial charge in [-0.15, -0.1) is 0 Å². The fraction of sp³-hybridized carbons (Fsp3) is 0.200. The third kappa shape index (κ3) is 3.69. The van der Waals surface area contributed by atoms with Crippen LogP contribution >= 0.6 is 0 Å². The first kappa shape index (κ1) is 17.5. The molecule has 0 atom stereocenters. The molecule has 0 aliphatic carbocycles. The van der Waals surface area contributed by atoms with E-state index in [2.05, 4.69) is 5.32 Å². The molecule has 0 bridgehead atoms. The van der Waals surface area contributed by atoms with Gasteiger partial charge in [-0.05, 0) is 24.3 Å². The number of benzene rings is 2. The molecule has 0 unspecified atom stereocenters. The Bertz CT molecular complexity index is 946. The Morgan fingerprint density at radius 2 is 1.81 bits per heavy atom. The van der Waals surface area contributed by atoms with Crippen LogP contribution in [0.2, 0.25) is 0 Å². The number of carbonyl (C=O) groups is 2. The molecule has 0 aliphatic heterocycles. The van der Waals surface area contributed by atoms with Crippen LogP contribution in [0, 0.1) is 0 Å². The van der Waals surface area contributed by atoms with Gasteiger partial charge in [0, 0.05) is 30.5 Å². The maximum atomic E-state index is 12.4. The van der Waals surface area contributed by atoms with Crippen molar-refractivity contribution in [2.45, 2.75) is 12.8 Å². The molecule has 26 heavy (non-hydrogen) atoms. The first-order valence-corrected chi connectivity index (χ1v) is 8.23. The van der Waals surface area contributed by atoms with E-state index in [1.54, 1.807) is 36.1 Å². The van der Waals surface area contributed by atoms with E-state index in [9.17, 15) is 9.59 Å². The zero-order chi connectivity index (χ0) is 18.5.